The van der Waals surface area contributed by atoms with Crippen LogP contribution in [0.25, 0.3) is 0 Å². The first kappa shape index (κ1) is 16.5. The molecule has 0 bridgehead atoms. The third kappa shape index (κ3) is 5.12. The van der Waals surface area contributed by atoms with Gasteiger partial charge in [-0.05, 0) is 25.1 Å². The molecule has 0 fully saturated rings. The maximum absolute atomic E-state index is 11.9. The third-order valence-corrected chi connectivity index (χ3v) is 3.17. The lowest BCUT2D eigenvalue weighted by Crippen LogP contribution is -2.31. The van der Waals surface area contributed by atoms with Crippen LogP contribution in [0.3, 0.4) is 0 Å². The second-order valence-corrected chi connectivity index (χ2v) is 5.16. The van der Waals surface area contributed by atoms with Crippen molar-refractivity contribution in [2.75, 3.05) is 5.32 Å². The van der Waals surface area contributed by atoms with Gasteiger partial charge in [0.2, 0.25) is 5.78 Å². The van der Waals surface area contributed by atoms with Crippen molar-refractivity contribution in [2.45, 2.75) is 6.92 Å². The van der Waals surface area contributed by atoms with Crippen molar-refractivity contribution in [1.82, 2.24) is 5.43 Å². The summed E-state index contributed by atoms with van der Waals surface area (Å²) < 4.78 is 0. The number of ketones is 1. The fourth-order valence-corrected chi connectivity index (χ4v) is 1.89. The first-order valence-corrected chi connectivity index (χ1v) is 7.27. The number of hydrogen-bond donors (Lipinski definition) is 2. The lowest BCUT2D eigenvalue weighted by atomic mass is 10.1. The number of amides is 1. The van der Waals surface area contributed by atoms with Crippen LogP contribution in [-0.2, 0) is 4.79 Å². The van der Waals surface area contributed by atoms with Crippen molar-refractivity contribution < 1.29 is 9.59 Å². The van der Waals surface area contributed by atoms with Gasteiger partial charge in [0, 0.05) is 11.3 Å². The Hall–Kier alpha value is -2.86. The highest BCUT2D eigenvalue weighted by atomic mass is 32.1. The monoisotopic (exact) mass is 325 g/mol. The molecule has 0 heterocycles. The lowest BCUT2D eigenvalue weighted by Gasteiger charge is -2.05. The molecule has 116 valence electrons. The second kappa shape index (κ2) is 7.95. The topological polar surface area (TPSA) is 70.6 Å². The minimum Gasteiger partial charge on any atom is -0.320 e. The lowest BCUT2D eigenvalue weighted by molar-refractivity contribution is -0.110. The van der Waals surface area contributed by atoms with E-state index in [-0.39, 0.29) is 10.8 Å². The number of nitrogens with zero attached hydrogens (tertiary/aromatic N) is 1. The zero-order chi connectivity index (χ0) is 16.7. The van der Waals surface area contributed by atoms with E-state index < -0.39 is 5.91 Å². The van der Waals surface area contributed by atoms with Gasteiger partial charge >= 0.3 is 0 Å². The molecule has 2 rings (SSSR count). The van der Waals surface area contributed by atoms with E-state index in [4.69, 9.17) is 12.2 Å². The first-order chi connectivity index (χ1) is 11.1. The fourth-order valence-electron chi connectivity index (χ4n) is 1.78. The van der Waals surface area contributed by atoms with Crippen molar-refractivity contribution in [1.29, 1.82) is 0 Å². The van der Waals surface area contributed by atoms with E-state index in [1.54, 1.807) is 42.5 Å². The average Bonchev–Trinajstić information content (AvgIpc) is 2.55. The highest BCUT2D eigenvalue weighted by Gasteiger charge is 2.08. The third-order valence-electron chi connectivity index (χ3n) is 2.89. The van der Waals surface area contributed by atoms with Crippen LogP contribution in [0.15, 0.2) is 59.7 Å². The molecule has 0 saturated heterocycles. The van der Waals surface area contributed by atoms with E-state index in [0.717, 1.165) is 11.8 Å². The number of hydrazone groups is 1. The number of thiocarbonyl (C=S) groups is 1. The maximum atomic E-state index is 11.9. The average molecular weight is 325 g/mol. The number of carbonyl (C=O) groups excluding carboxylic acids is 2. The minimum atomic E-state index is -0.494. The van der Waals surface area contributed by atoms with E-state index in [9.17, 15) is 9.59 Å². The molecule has 0 aromatic heterocycles. The number of Topliss-reactive ketones (excluding diaryl/α,β-unsaturated/α-hetero) is 1. The van der Waals surface area contributed by atoms with Gasteiger partial charge in [0.25, 0.3) is 5.91 Å². The van der Waals surface area contributed by atoms with Crippen molar-refractivity contribution in [3.8, 4) is 0 Å². The smallest absolute Gasteiger partial charge is 0.284 e. The molecule has 2 N–H and O–H groups in total. The van der Waals surface area contributed by atoms with E-state index in [0.29, 0.717) is 11.3 Å². The van der Waals surface area contributed by atoms with Crippen molar-refractivity contribution in [2.24, 2.45) is 5.10 Å². The summed E-state index contributed by atoms with van der Waals surface area (Å²) in [4.78, 5) is 23.6. The van der Waals surface area contributed by atoms with Crippen molar-refractivity contribution >= 4 is 40.8 Å². The summed E-state index contributed by atoms with van der Waals surface area (Å²) in [7, 11) is 0. The molecule has 23 heavy (non-hydrogen) atoms. The number of carbonyl (C=O) groups is 2. The molecule has 0 atom stereocenters. The van der Waals surface area contributed by atoms with E-state index in [1.165, 1.54) is 0 Å². The van der Waals surface area contributed by atoms with Gasteiger partial charge in [-0.15, -0.1) is 0 Å². The van der Waals surface area contributed by atoms with Crippen LogP contribution < -0.4 is 10.7 Å². The molecule has 2 aromatic rings. The van der Waals surface area contributed by atoms with Crippen LogP contribution in [0.1, 0.15) is 15.9 Å². The number of benzene rings is 2. The molecule has 0 aliphatic carbocycles. The highest BCUT2D eigenvalue weighted by molar-refractivity contribution is 7.82. The predicted molar refractivity (Wildman–Crippen MR) is 94.8 cm³/mol. The van der Waals surface area contributed by atoms with Gasteiger partial charge in [-0.3, -0.25) is 15.0 Å². The van der Waals surface area contributed by atoms with Gasteiger partial charge in [0.1, 0.15) is 0 Å². The number of para-hydroxylation sites is 1. The molecule has 0 unspecified atom stereocenters. The van der Waals surface area contributed by atoms with E-state index in [1.807, 2.05) is 19.1 Å². The van der Waals surface area contributed by atoms with Gasteiger partial charge in [-0.2, -0.15) is 5.10 Å². The van der Waals surface area contributed by atoms with Gasteiger partial charge in [0.05, 0.1) is 6.21 Å². The molecule has 2 aromatic carbocycles. The quantitative estimate of drug-likeness (QED) is 0.392. The van der Waals surface area contributed by atoms with Crippen LogP contribution in [0, 0.1) is 6.92 Å². The molecule has 0 radical (unpaired) electrons. The Kier molecular flexibility index (Phi) is 5.71. The van der Waals surface area contributed by atoms with Gasteiger partial charge in [-0.25, -0.2) is 0 Å². The summed E-state index contributed by atoms with van der Waals surface area (Å²) in [5.74, 6) is -0.765. The Balaban J connectivity index is 1.88. The zero-order valence-corrected chi connectivity index (χ0v) is 13.3. The van der Waals surface area contributed by atoms with E-state index >= 15 is 0 Å². The van der Waals surface area contributed by atoms with Crippen LogP contribution in [-0.4, -0.2) is 22.9 Å². The highest BCUT2D eigenvalue weighted by Crippen LogP contribution is 2.05. The van der Waals surface area contributed by atoms with Gasteiger partial charge in [-0.1, -0.05) is 54.2 Å². The largest absolute Gasteiger partial charge is 0.320 e. The van der Waals surface area contributed by atoms with Crippen molar-refractivity contribution in [3.63, 3.8) is 0 Å². The van der Waals surface area contributed by atoms with Crippen LogP contribution >= 0.6 is 12.2 Å². The fraction of sp³-hybridized carbons (Fsp3) is 0.0588. The SMILES string of the molecule is Cc1cccc(C(=O)C=NNC(=S)C(=O)Nc2ccccc2)c1. The Morgan fingerprint density at radius 1 is 1.09 bits per heavy atom. The number of aryl methyl sites for hydroxylation is 1. The standard InChI is InChI=1S/C17H15N3O2S/c1-12-6-5-7-13(10-12)15(21)11-18-20-17(23)16(22)19-14-8-3-2-4-9-14/h2-11H,1H3,(H,19,22)(H,20,23). The maximum Gasteiger partial charge on any atom is 0.284 e. The predicted octanol–water partition coefficient (Wildman–Crippen LogP) is 2.72. The summed E-state index contributed by atoms with van der Waals surface area (Å²) in [6.45, 7) is 1.90. The Morgan fingerprint density at radius 2 is 1.83 bits per heavy atom. The molecule has 0 spiro atoms. The zero-order valence-electron chi connectivity index (χ0n) is 12.4. The molecule has 0 aliphatic rings. The Morgan fingerprint density at radius 3 is 2.52 bits per heavy atom. The summed E-state index contributed by atoms with van der Waals surface area (Å²) in [6, 6.07) is 16.1. The number of rotatable bonds is 4. The first-order valence-electron chi connectivity index (χ1n) is 6.86. The number of anilines is 1. The minimum absolute atomic E-state index is 0.123. The number of nitrogens with one attached hydrogen (secondary N) is 2. The molecule has 5 nitrogen and oxygen atoms in total. The molecule has 0 aliphatic heterocycles. The molecular formula is C17H15N3O2S. The Bertz CT molecular complexity index is 757. The second-order valence-electron chi connectivity index (χ2n) is 4.75. The van der Waals surface area contributed by atoms with Gasteiger partial charge in [0.15, 0.2) is 4.99 Å². The molecule has 6 heteroatoms. The molecular weight excluding hydrogens is 310 g/mol. The molecule has 1 amide bonds. The summed E-state index contributed by atoms with van der Waals surface area (Å²) >= 11 is 4.92. The molecule has 0 saturated carbocycles. The summed E-state index contributed by atoms with van der Waals surface area (Å²) in [5.41, 5.74) is 4.52. The van der Waals surface area contributed by atoms with Crippen LogP contribution in [0.4, 0.5) is 5.69 Å². The van der Waals surface area contributed by atoms with Crippen molar-refractivity contribution in [3.05, 3.63) is 65.7 Å². The van der Waals surface area contributed by atoms with Crippen LogP contribution in [0.5, 0.6) is 0 Å². The van der Waals surface area contributed by atoms with Gasteiger partial charge < -0.3 is 5.32 Å². The van der Waals surface area contributed by atoms with Crippen LogP contribution in [0.2, 0.25) is 0 Å². The Labute approximate surface area is 139 Å². The number of hydrogen-bond acceptors (Lipinski definition) is 4. The summed E-state index contributed by atoms with van der Waals surface area (Å²) in [6.07, 6.45) is 1.09. The summed E-state index contributed by atoms with van der Waals surface area (Å²) in [5, 5.41) is 6.33. The normalized spacial score (nSPS) is 10.3. The van der Waals surface area contributed by atoms with E-state index in [2.05, 4.69) is 15.8 Å².